The molecule has 2 aromatic rings. The molecule has 0 unspecified atom stereocenters. The Hall–Kier alpha value is -2.33. The summed E-state index contributed by atoms with van der Waals surface area (Å²) in [6.07, 6.45) is 0.155. The van der Waals surface area contributed by atoms with Gasteiger partial charge in [0.2, 0.25) is 0 Å². The van der Waals surface area contributed by atoms with Crippen molar-refractivity contribution in [3.63, 3.8) is 0 Å². The summed E-state index contributed by atoms with van der Waals surface area (Å²) in [5.41, 5.74) is 2.28. The van der Waals surface area contributed by atoms with Crippen LogP contribution in [0.5, 0.6) is 5.75 Å². The fraction of sp³-hybridized carbons (Fsp3) is 0.316. The van der Waals surface area contributed by atoms with Crippen LogP contribution >= 0.6 is 0 Å². The molecule has 2 aromatic carbocycles. The molecule has 0 spiro atoms. The van der Waals surface area contributed by atoms with Gasteiger partial charge in [0.05, 0.1) is 18.3 Å². The van der Waals surface area contributed by atoms with Gasteiger partial charge in [-0.3, -0.25) is 0 Å². The van der Waals surface area contributed by atoms with Crippen LogP contribution in [0.1, 0.15) is 24.2 Å². The van der Waals surface area contributed by atoms with Crippen LogP contribution in [0, 0.1) is 5.92 Å². The zero-order valence-electron chi connectivity index (χ0n) is 13.7. The van der Waals surface area contributed by atoms with Crippen molar-refractivity contribution in [2.75, 3.05) is 13.7 Å². The van der Waals surface area contributed by atoms with Crippen molar-refractivity contribution < 1.29 is 19.4 Å². The maximum absolute atomic E-state index is 10.9. The van der Waals surface area contributed by atoms with Gasteiger partial charge in [-0.2, -0.15) is 0 Å². The molecule has 0 saturated carbocycles. The molecule has 0 aromatic heterocycles. The highest BCUT2D eigenvalue weighted by Crippen LogP contribution is 2.23. The molecule has 2 atom stereocenters. The van der Waals surface area contributed by atoms with Gasteiger partial charge in [0.25, 0.3) is 0 Å². The maximum atomic E-state index is 10.9. The fourth-order valence-electron chi connectivity index (χ4n) is 2.14. The van der Waals surface area contributed by atoms with E-state index in [0.717, 1.165) is 16.9 Å². The van der Waals surface area contributed by atoms with Gasteiger partial charge in [0, 0.05) is 13.0 Å². The Bertz CT molecular complexity index is 631. The average molecular weight is 314 g/mol. The van der Waals surface area contributed by atoms with E-state index < -0.39 is 5.97 Å². The van der Waals surface area contributed by atoms with E-state index in [4.69, 9.17) is 14.6 Å². The number of carboxylic acid groups (broad SMARTS) is 1. The SMILES string of the molecule is CO[C@@H](C)[C@@H](C)COc1ccc(-c2ccc(C(=O)O)cc2)cc1. The van der Waals surface area contributed by atoms with Crippen molar-refractivity contribution in [1.82, 2.24) is 0 Å². The summed E-state index contributed by atoms with van der Waals surface area (Å²) in [6, 6.07) is 14.6. The van der Waals surface area contributed by atoms with Gasteiger partial charge in [-0.15, -0.1) is 0 Å². The lowest BCUT2D eigenvalue weighted by molar-refractivity contribution is 0.0523. The second kappa shape index (κ2) is 7.79. The molecule has 0 aliphatic rings. The second-order valence-electron chi connectivity index (χ2n) is 5.64. The fourth-order valence-corrected chi connectivity index (χ4v) is 2.14. The lowest BCUT2D eigenvalue weighted by Gasteiger charge is -2.18. The third-order valence-corrected chi connectivity index (χ3v) is 4.01. The predicted octanol–water partition coefficient (Wildman–Crippen LogP) is 4.10. The molecule has 23 heavy (non-hydrogen) atoms. The van der Waals surface area contributed by atoms with Crippen LogP contribution in [0.2, 0.25) is 0 Å². The zero-order valence-corrected chi connectivity index (χ0v) is 13.7. The number of methoxy groups -OCH3 is 1. The largest absolute Gasteiger partial charge is 0.493 e. The Balaban J connectivity index is 2.00. The first-order valence-electron chi connectivity index (χ1n) is 7.60. The van der Waals surface area contributed by atoms with E-state index in [1.54, 1.807) is 19.2 Å². The molecule has 0 aliphatic heterocycles. The summed E-state index contributed by atoms with van der Waals surface area (Å²) < 4.78 is 11.1. The third kappa shape index (κ3) is 4.57. The first-order chi connectivity index (χ1) is 11.0. The molecule has 0 aliphatic carbocycles. The van der Waals surface area contributed by atoms with Crippen molar-refractivity contribution in [2.45, 2.75) is 20.0 Å². The number of benzene rings is 2. The Morgan fingerprint density at radius 1 is 1.00 bits per heavy atom. The Morgan fingerprint density at radius 3 is 2.00 bits per heavy atom. The van der Waals surface area contributed by atoms with Gasteiger partial charge in [-0.1, -0.05) is 31.2 Å². The van der Waals surface area contributed by atoms with Crippen molar-refractivity contribution in [3.05, 3.63) is 54.1 Å². The number of carbonyl (C=O) groups is 1. The van der Waals surface area contributed by atoms with E-state index in [9.17, 15) is 4.79 Å². The number of hydrogen-bond acceptors (Lipinski definition) is 3. The Kier molecular flexibility index (Phi) is 5.77. The molecule has 4 heteroatoms. The monoisotopic (exact) mass is 314 g/mol. The molecule has 0 saturated heterocycles. The maximum Gasteiger partial charge on any atom is 0.335 e. The van der Waals surface area contributed by atoms with Crippen LogP contribution in [0.3, 0.4) is 0 Å². The van der Waals surface area contributed by atoms with Crippen LogP contribution in [-0.4, -0.2) is 30.9 Å². The second-order valence-corrected chi connectivity index (χ2v) is 5.64. The summed E-state index contributed by atoms with van der Waals surface area (Å²) in [5.74, 6) is 0.203. The van der Waals surface area contributed by atoms with E-state index >= 15 is 0 Å². The minimum atomic E-state index is -0.917. The van der Waals surface area contributed by atoms with Crippen molar-refractivity contribution in [1.29, 1.82) is 0 Å². The molecule has 0 radical (unpaired) electrons. The third-order valence-electron chi connectivity index (χ3n) is 4.01. The van der Waals surface area contributed by atoms with E-state index in [1.807, 2.05) is 43.3 Å². The highest BCUT2D eigenvalue weighted by atomic mass is 16.5. The van der Waals surface area contributed by atoms with E-state index in [-0.39, 0.29) is 11.7 Å². The number of hydrogen-bond donors (Lipinski definition) is 1. The quantitative estimate of drug-likeness (QED) is 0.836. The molecule has 4 nitrogen and oxygen atoms in total. The molecule has 0 bridgehead atoms. The van der Waals surface area contributed by atoms with Crippen LogP contribution < -0.4 is 4.74 Å². The van der Waals surface area contributed by atoms with Crippen molar-refractivity contribution in [2.24, 2.45) is 5.92 Å². The normalized spacial score (nSPS) is 13.3. The summed E-state index contributed by atoms with van der Waals surface area (Å²) in [6.45, 7) is 4.71. The summed E-state index contributed by atoms with van der Waals surface area (Å²) in [5, 5.41) is 8.92. The molecule has 0 heterocycles. The van der Waals surface area contributed by atoms with E-state index in [2.05, 4.69) is 6.92 Å². The summed E-state index contributed by atoms with van der Waals surface area (Å²) >= 11 is 0. The van der Waals surface area contributed by atoms with Crippen molar-refractivity contribution >= 4 is 5.97 Å². The molecule has 0 fully saturated rings. The summed E-state index contributed by atoms with van der Waals surface area (Å²) in [7, 11) is 1.70. The van der Waals surface area contributed by atoms with Gasteiger partial charge in [-0.25, -0.2) is 4.79 Å². The minimum absolute atomic E-state index is 0.155. The zero-order chi connectivity index (χ0) is 16.8. The van der Waals surface area contributed by atoms with Gasteiger partial charge in [0.15, 0.2) is 0 Å². The van der Waals surface area contributed by atoms with E-state index in [0.29, 0.717) is 12.5 Å². The van der Waals surface area contributed by atoms with Crippen LogP contribution in [-0.2, 0) is 4.74 Å². The topological polar surface area (TPSA) is 55.8 Å². The molecule has 1 N–H and O–H groups in total. The van der Waals surface area contributed by atoms with Crippen LogP contribution in [0.25, 0.3) is 11.1 Å². The van der Waals surface area contributed by atoms with Gasteiger partial charge in [-0.05, 0) is 42.3 Å². The standard InChI is InChI=1S/C19H22O4/c1-13(14(2)22-3)12-23-18-10-8-16(9-11-18)15-4-6-17(7-5-15)19(20)21/h4-11,13-14H,12H2,1-3H3,(H,20,21)/t13-,14-/m0/s1. The number of ether oxygens (including phenoxy) is 2. The van der Waals surface area contributed by atoms with Crippen LogP contribution in [0.4, 0.5) is 0 Å². The number of carboxylic acids is 1. The van der Waals surface area contributed by atoms with Gasteiger partial charge in [0.1, 0.15) is 5.75 Å². The van der Waals surface area contributed by atoms with Crippen LogP contribution in [0.15, 0.2) is 48.5 Å². The molecule has 2 rings (SSSR count). The lowest BCUT2D eigenvalue weighted by Crippen LogP contribution is -2.22. The molecular weight excluding hydrogens is 292 g/mol. The Morgan fingerprint density at radius 2 is 1.52 bits per heavy atom. The Labute approximate surface area is 136 Å². The molecule has 0 amide bonds. The highest BCUT2D eigenvalue weighted by Gasteiger charge is 2.12. The lowest BCUT2D eigenvalue weighted by atomic mass is 10.0. The average Bonchev–Trinajstić information content (AvgIpc) is 2.59. The molecular formula is C19H22O4. The predicted molar refractivity (Wildman–Crippen MR) is 90.0 cm³/mol. The smallest absolute Gasteiger partial charge is 0.335 e. The first-order valence-corrected chi connectivity index (χ1v) is 7.60. The van der Waals surface area contributed by atoms with Gasteiger partial charge < -0.3 is 14.6 Å². The molecule has 122 valence electrons. The van der Waals surface area contributed by atoms with E-state index in [1.165, 1.54) is 0 Å². The van der Waals surface area contributed by atoms with Crippen molar-refractivity contribution in [3.8, 4) is 16.9 Å². The van der Waals surface area contributed by atoms with Gasteiger partial charge >= 0.3 is 5.97 Å². The number of rotatable bonds is 7. The summed E-state index contributed by atoms with van der Waals surface area (Å²) in [4.78, 5) is 10.9. The first kappa shape index (κ1) is 17.0. The minimum Gasteiger partial charge on any atom is -0.493 e. The highest BCUT2D eigenvalue weighted by molar-refractivity contribution is 5.88. The number of aromatic carboxylic acids is 1.